The van der Waals surface area contributed by atoms with Crippen LogP contribution in [0, 0.1) is 0 Å². The number of halogens is 2. The molecule has 68 valence electrons. The zero-order valence-electron chi connectivity index (χ0n) is 7.25. The first-order valence-electron chi connectivity index (χ1n) is 3.71. The fraction of sp³-hybridized carbons (Fsp3) is 0.714. The molecule has 0 N–H and O–H groups in total. The van der Waals surface area contributed by atoms with E-state index in [0.717, 1.165) is 0 Å². The number of aryl methyl sites for hydroxylation is 1. The van der Waals surface area contributed by atoms with Crippen LogP contribution in [0.25, 0.3) is 0 Å². The van der Waals surface area contributed by atoms with E-state index in [0.29, 0.717) is 5.69 Å². The SMILES string of the molecule is CC(C)c1nn(C)nc1C(F)F. The molecule has 0 saturated heterocycles. The predicted molar refractivity (Wildman–Crippen MR) is 40.0 cm³/mol. The van der Waals surface area contributed by atoms with Crippen LogP contribution in [0.1, 0.15) is 37.6 Å². The zero-order chi connectivity index (χ0) is 9.30. The smallest absolute Gasteiger partial charge is 0.203 e. The zero-order valence-corrected chi connectivity index (χ0v) is 7.25. The molecule has 0 saturated carbocycles. The van der Waals surface area contributed by atoms with Crippen molar-refractivity contribution in [2.45, 2.75) is 26.2 Å². The Kier molecular flexibility index (Phi) is 2.40. The summed E-state index contributed by atoms with van der Waals surface area (Å²) < 4.78 is 24.6. The summed E-state index contributed by atoms with van der Waals surface area (Å²) in [7, 11) is 1.54. The third-order valence-electron chi connectivity index (χ3n) is 1.52. The molecule has 12 heavy (non-hydrogen) atoms. The lowest BCUT2D eigenvalue weighted by molar-refractivity contribution is 0.143. The first-order valence-corrected chi connectivity index (χ1v) is 3.71. The molecule has 0 spiro atoms. The second-order valence-corrected chi connectivity index (χ2v) is 2.92. The maximum Gasteiger partial charge on any atom is 0.284 e. The maximum absolute atomic E-state index is 12.3. The van der Waals surface area contributed by atoms with Crippen molar-refractivity contribution in [1.29, 1.82) is 0 Å². The Morgan fingerprint density at radius 2 is 1.67 bits per heavy atom. The van der Waals surface area contributed by atoms with E-state index in [1.165, 1.54) is 11.8 Å². The summed E-state index contributed by atoms with van der Waals surface area (Å²) in [4.78, 5) is 1.18. The molecule has 0 radical (unpaired) electrons. The molecular formula is C7H11F2N3. The van der Waals surface area contributed by atoms with Gasteiger partial charge >= 0.3 is 0 Å². The summed E-state index contributed by atoms with van der Waals surface area (Å²) in [5.41, 5.74) is 0.181. The summed E-state index contributed by atoms with van der Waals surface area (Å²) in [5, 5.41) is 7.44. The van der Waals surface area contributed by atoms with Gasteiger partial charge in [0.2, 0.25) is 0 Å². The van der Waals surface area contributed by atoms with Gasteiger partial charge in [0.05, 0.1) is 5.69 Å². The molecule has 0 fully saturated rings. The second-order valence-electron chi connectivity index (χ2n) is 2.92. The molecule has 5 heteroatoms. The van der Waals surface area contributed by atoms with Gasteiger partial charge in [-0.05, 0) is 5.92 Å². The van der Waals surface area contributed by atoms with Crippen LogP contribution >= 0.6 is 0 Å². The number of hydrogen-bond donors (Lipinski definition) is 0. The Morgan fingerprint density at radius 1 is 1.17 bits per heavy atom. The van der Waals surface area contributed by atoms with Crippen LogP contribution in [0.3, 0.4) is 0 Å². The first kappa shape index (κ1) is 9.09. The van der Waals surface area contributed by atoms with Crippen molar-refractivity contribution in [2.75, 3.05) is 0 Å². The standard InChI is InChI=1S/C7H11F2N3/c1-4(2)5-6(7(8)9)11-12(3)10-5/h4,7H,1-3H3. The molecule has 1 heterocycles. The van der Waals surface area contributed by atoms with E-state index in [9.17, 15) is 8.78 Å². The molecular weight excluding hydrogens is 164 g/mol. The van der Waals surface area contributed by atoms with Crippen LogP contribution < -0.4 is 0 Å². The molecule has 0 aromatic carbocycles. The van der Waals surface area contributed by atoms with Crippen LogP contribution in [-0.2, 0) is 7.05 Å². The topological polar surface area (TPSA) is 30.7 Å². The highest BCUT2D eigenvalue weighted by Gasteiger charge is 2.20. The third kappa shape index (κ3) is 1.60. The van der Waals surface area contributed by atoms with Crippen molar-refractivity contribution in [1.82, 2.24) is 15.0 Å². The van der Waals surface area contributed by atoms with Crippen molar-refractivity contribution >= 4 is 0 Å². The monoisotopic (exact) mass is 175 g/mol. The van der Waals surface area contributed by atoms with Gasteiger partial charge in [0.15, 0.2) is 5.69 Å². The number of aromatic nitrogens is 3. The highest BCUT2D eigenvalue weighted by molar-refractivity contribution is 5.13. The minimum absolute atomic E-state index is 0.0114. The summed E-state index contributed by atoms with van der Waals surface area (Å²) in [5.74, 6) is -0.0114. The average molecular weight is 175 g/mol. The Bertz CT molecular complexity index is 242. The Labute approximate surface area is 69.4 Å². The van der Waals surface area contributed by atoms with Crippen LogP contribution in [-0.4, -0.2) is 15.0 Å². The van der Waals surface area contributed by atoms with Gasteiger partial charge in [-0.25, -0.2) is 8.78 Å². The van der Waals surface area contributed by atoms with Crippen molar-refractivity contribution < 1.29 is 8.78 Å². The highest BCUT2D eigenvalue weighted by Crippen LogP contribution is 2.24. The lowest BCUT2D eigenvalue weighted by atomic mass is 10.1. The predicted octanol–water partition coefficient (Wildman–Crippen LogP) is 1.88. The normalized spacial score (nSPS) is 11.6. The van der Waals surface area contributed by atoms with Gasteiger partial charge in [-0.3, -0.25) is 0 Å². The fourth-order valence-corrected chi connectivity index (χ4v) is 1.00. The van der Waals surface area contributed by atoms with Gasteiger partial charge < -0.3 is 0 Å². The number of rotatable bonds is 2. The second kappa shape index (κ2) is 3.16. The summed E-state index contributed by atoms with van der Waals surface area (Å²) in [6.07, 6.45) is -2.53. The fourth-order valence-electron chi connectivity index (χ4n) is 1.00. The summed E-state index contributed by atoms with van der Waals surface area (Å²) in [6, 6.07) is 0. The Balaban J connectivity index is 3.08. The summed E-state index contributed by atoms with van der Waals surface area (Å²) >= 11 is 0. The summed E-state index contributed by atoms with van der Waals surface area (Å²) in [6.45, 7) is 3.63. The molecule has 0 bridgehead atoms. The number of hydrogen-bond acceptors (Lipinski definition) is 2. The molecule has 0 unspecified atom stereocenters. The van der Waals surface area contributed by atoms with Crippen molar-refractivity contribution in [3.8, 4) is 0 Å². The van der Waals surface area contributed by atoms with E-state index in [-0.39, 0.29) is 11.6 Å². The number of nitrogens with zero attached hydrogens (tertiary/aromatic N) is 3. The molecule has 0 amide bonds. The molecule has 1 rings (SSSR count). The van der Waals surface area contributed by atoms with E-state index >= 15 is 0 Å². The molecule has 0 aliphatic carbocycles. The van der Waals surface area contributed by atoms with Gasteiger partial charge in [-0.15, -0.1) is 0 Å². The average Bonchev–Trinajstić information content (AvgIpc) is 2.31. The van der Waals surface area contributed by atoms with E-state index in [4.69, 9.17) is 0 Å². The van der Waals surface area contributed by atoms with Crippen molar-refractivity contribution in [2.24, 2.45) is 7.05 Å². The van der Waals surface area contributed by atoms with E-state index in [1.54, 1.807) is 0 Å². The minimum atomic E-state index is -2.53. The molecule has 0 aliphatic rings. The molecule has 1 aromatic heterocycles. The maximum atomic E-state index is 12.3. The number of alkyl halides is 2. The van der Waals surface area contributed by atoms with Gasteiger partial charge in [0.25, 0.3) is 6.43 Å². The quantitative estimate of drug-likeness (QED) is 0.687. The van der Waals surface area contributed by atoms with Gasteiger partial charge in [0, 0.05) is 7.05 Å². The van der Waals surface area contributed by atoms with Gasteiger partial charge in [-0.1, -0.05) is 13.8 Å². The van der Waals surface area contributed by atoms with Crippen molar-refractivity contribution in [3.05, 3.63) is 11.4 Å². The Hall–Kier alpha value is -1.00. The molecule has 1 aromatic rings. The Morgan fingerprint density at radius 3 is 2.00 bits per heavy atom. The highest BCUT2D eigenvalue weighted by atomic mass is 19.3. The molecule has 3 nitrogen and oxygen atoms in total. The third-order valence-corrected chi connectivity index (χ3v) is 1.52. The van der Waals surface area contributed by atoms with E-state index in [1.807, 2.05) is 13.8 Å². The van der Waals surface area contributed by atoms with Crippen LogP contribution in [0.15, 0.2) is 0 Å². The minimum Gasteiger partial charge on any atom is -0.203 e. The van der Waals surface area contributed by atoms with E-state index < -0.39 is 6.43 Å². The molecule has 0 aliphatic heterocycles. The van der Waals surface area contributed by atoms with Crippen LogP contribution in [0.5, 0.6) is 0 Å². The first-order chi connectivity index (χ1) is 5.52. The van der Waals surface area contributed by atoms with Crippen molar-refractivity contribution in [3.63, 3.8) is 0 Å². The van der Waals surface area contributed by atoms with Gasteiger partial charge in [-0.2, -0.15) is 15.0 Å². The van der Waals surface area contributed by atoms with Crippen LogP contribution in [0.2, 0.25) is 0 Å². The van der Waals surface area contributed by atoms with Crippen LogP contribution in [0.4, 0.5) is 8.78 Å². The van der Waals surface area contributed by atoms with Gasteiger partial charge in [0.1, 0.15) is 0 Å². The lowest BCUT2D eigenvalue weighted by Crippen LogP contribution is -1.95. The lowest BCUT2D eigenvalue weighted by Gasteiger charge is -2.00. The largest absolute Gasteiger partial charge is 0.284 e. The molecule has 0 atom stereocenters. The van der Waals surface area contributed by atoms with E-state index in [2.05, 4.69) is 10.2 Å².